The molecule has 0 bridgehead atoms. The molecule has 0 saturated heterocycles. The van der Waals surface area contributed by atoms with Crippen molar-refractivity contribution in [1.29, 1.82) is 0 Å². The third kappa shape index (κ3) is 3.13. The van der Waals surface area contributed by atoms with Crippen molar-refractivity contribution in [3.8, 4) is 0 Å². The van der Waals surface area contributed by atoms with Gasteiger partial charge in [0.2, 0.25) is 0 Å². The number of hydrogen-bond acceptors (Lipinski definition) is 1. The highest BCUT2D eigenvalue weighted by Gasteiger charge is 2.06. The molecule has 16 heavy (non-hydrogen) atoms. The lowest BCUT2D eigenvalue weighted by Crippen LogP contribution is -2.02. The average molecular weight is 216 g/mol. The fourth-order valence-corrected chi connectivity index (χ4v) is 2.06. The van der Waals surface area contributed by atoms with Gasteiger partial charge in [0.1, 0.15) is 6.61 Å². The van der Waals surface area contributed by atoms with Gasteiger partial charge in [-0.05, 0) is 49.8 Å². The molecule has 0 N–H and O–H groups in total. The summed E-state index contributed by atoms with van der Waals surface area (Å²) in [5, 5.41) is 0. The molecular formula is C15H20O. The molecule has 0 aromatic heterocycles. The second-order valence-electron chi connectivity index (χ2n) is 4.50. The fraction of sp³-hybridized carbons (Fsp3) is 0.467. The lowest BCUT2D eigenvalue weighted by molar-refractivity contribution is 0.219. The summed E-state index contributed by atoms with van der Waals surface area (Å²) in [6.45, 7) is 2.92. The normalized spacial score (nSPS) is 22.9. The largest absolute Gasteiger partial charge is 0.494 e. The number of ether oxygens (including phenoxy) is 1. The molecule has 2 aliphatic rings. The van der Waals surface area contributed by atoms with Crippen molar-refractivity contribution >= 4 is 0 Å². The smallest absolute Gasteiger partial charge is 0.109 e. The number of rotatable bonds is 3. The quantitative estimate of drug-likeness (QED) is 0.683. The Balaban J connectivity index is 1.87. The fourth-order valence-electron chi connectivity index (χ4n) is 2.06. The lowest BCUT2D eigenvalue weighted by Gasteiger charge is -2.16. The minimum atomic E-state index is 0.749. The summed E-state index contributed by atoms with van der Waals surface area (Å²) in [5.41, 5.74) is 2.76. The van der Waals surface area contributed by atoms with Crippen LogP contribution < -0.4 is 0 Å². The van der Waals surface area contributed by atoms with E-state index in [0.717, 1.165) is 19.4 Å². The van der Waals surface area contributed by atoms with Crippen molar-refractivity contribution in [3.05, 3.63) is 47.3 Å². The standard InChI is InChI=1S/C15H20O/c1-13(14-8-4-2-5-9-14)12-16-15-10-6-3-7-11-15/h2,4-5,8,10H,3,6-7,9,11-12H2,1H3/b14-13+. The van der Waals surface area contributed by atoms with E-state index in [1.54, 1.807) is 0 Å². The van der Waals surface area contributed by atoms with E-state index in [1.807, 2.05) is 0 Å². The Morgan fingerprint density at radius 2 is 2.25 bits per heavy atom. The summed E-state index contributed by atoms with van der Waals surface area (Å²) < 4.78 is 5.84. The van der Waals surface area contributed by atoms with Crippen LogP contribution in [-0.2, 0) is 4.74 Å². The van der Waals surface area contributed by atoms with Gasteiger partial charge in [-0.2, -0.15) is 0 Å². The maximum atomic E-state index is 5.84. The first kappa shape index (κ1) is 11.3. The predicted molar refractivity (Wildman–Crippen MR) is 68.1 cm³/mol. The van der Waals surface area contributed by atoms with Gasteiger partial charge in [0, 0.05) is 6.42 Å². The molecule has 0 unspecified atom stereocenters. The minimum absolute atomic E-state index is 0.749. The van der Waals surface area contributed by atoms with E-state index < -0.39 is 0 Å². The van der Waals surface area contributed by atoms with Gasteiger partial charge in [0.25, 0.3) is 0 Å². The first-order valence-corrected chi connectivity index (χ1v) is 6.20. The van der Waals surface area contributed by atoms with Crippen molar-refractivity contribution in [3.63, 3.8) is 0 Å². The highest BCUT2D eigenvalue weighted by molar-refractivity contribution is 5.33. The summed E-state index contributed by atoms with van der Waals surface area (Å²) >= 11 is 0. The highest BCUT2D eigenvalue weighted by atomic mass is 16.5. The molecule has 1 nitrogen and oxygen atoms in total. The van der Waals surface area contributed by atoms with Gasteiger partial charge < -0.3 is 4.74 Å². The van der Waals surface area contributed by atoms with E-state index >= 15 is 0 Å². The topological polar surface area (TPSA) is 9.23 Å². The first-order chi connectivity index (χ1) is 7.86. The van der Waals surface area contributed by atoms with Crippen LogP contribution in [0, 0.1) is 0 Å². The Hall–Kier alpha value is -1.24. The molecule has 0 heterocycles. The van der Waals surface area contributed by atoms with E-state index in [1.165, 1.54) is 36.2 Å². The molecule has 0 radical (unpaired) electrons. The maximum absolute atomic E-state index is 5.84. The van der Waals surface area contributed by atoms with Crippen LogP contribution in [0.3, 0.4) is 0 Å². The molecule has 0 saturated carbocycles. The summed E-state index contributed by atoms with van der Waals surface area (Å²) in [6.07, 6.45) is 16.8. The van der Waals surface area contributed by atoms with Crippen LogP contribution in [0.2, 0.25) is 0 Å². The highest BCUT2D eigenvalue weighted by Crippen LogP contribution is 2.21. The van der Waals surface area contributed by atoms with Crippen LogP contribution in [0.1, 0.15) is 39.0 Å². The summed E-state index contributed by atoms with van der Waals surface area (Å²) in [5.74, 6) is 1.20. The molecule has 0 aliphatic heterocycles. The Labute approximate surface area is 98.2 Å². The van der Waals surface area contributed by atoms with Crippen LogP contribution in [0.4, 0.5) is 0 Å². The Kier molecular flexibility index (Phi) is 4.03. The molecule has 0 amide bonds. The van der Waals surface area contributed by atoms with E-state index in [-0.39, 0.29) is 0 Å². The number of allylic oxidation sites excluding steroid dienone is 7. The van der Waals surface area contributed by atoms with Crippen molar-refractivity contribution < 1.29 is 4.74 Å². The van der Waals surface area contributed by atoms with Gasteiger partial charge >= 0.3 is 0 Å². The lowest BCUT2D eigenvalue weighted by atomic mass is 10.0. The first-order valence-electron chi connectivity index (χ1n) is 6.20. The zero-order chi connectivity index (χ0) is 11.2. The predicted octanol–water partition coefficient (Wildman–Crippen LogP) is 4.29. The molecule has 0 fully saturated rings. The second kappa shape index (κ2) is 5.74. The molecule has 0 atom stereocenters. The van der Waals surface area contributed by atoms with Crippen molar-refractivity contribution in [2.45, 2.75) is 39.0 Å². The van der Waals surface area contributed by atoms with Crippen LogP contribution in [0.15, 0.2) is 47.3 Å². The molecule has 0 spiro atoms. The van der Waals surface area contributed by atoms with Gasteiger partial charge in [-0.15, -0.1) is 0 Å². The van der Waals surface area contributed by atoms with E-state index in [9.17, 15) is 0 Å². The molecule has 2 rings (SSSR count). The van der Waals surface area contributed by atoms with Gasteiger partial charge in [-0.3, -0.25) is 0 Å². The third-order valence-corrected chi connectivity index (χ3v) is 3.15. The molecule has 1 heteroatoms. The van der Waals surface area contributed by atoms with Gasteiger partial charge in [0.05, 0.1) is 5.76 Å². The van der Waals surface area contributed by atoms with Crippen molar-refractivity contribution in [2.24, 2.45) is 0 Å². The Morgan fingerprint density at radius 1 is 1.31 bits per heavy atom. The van der Waals surface area contributed by atoms with E-state index in [2.05, 4.69) is 37.3 Å². The molecule has 0 aromatic rings. The summed E-state index contributed by atoms with van der Waals surface area (Å²) in [6, 6.07) is 0. The summed E-state index contributed by atoms with van der Waals surface area (Å²) in [4.78, 5) is 0. The minimum Gasteiger partial charge on any atom is -0.494 e. The van der Waals surface area contributed by atoms with Crippen LogP contribution in [0.25, 0.3) is 0 Å². The number of hydrogen-bond donors (Lipinski definition) is 0. The van der Waals surface area contributed by atoms with Gasteiger partial charge in [-0.25, -0.2) is 0 Å². The molecule has 2 aliphatic carbocycles. The van der Waals surface area contributed by atoms with Crippen LogP contribution >= 0.6 is 0 Å². The average Bonchev–Trinajstić information content (AvgIpc) is 2.38. The van der Waals surface area contributed by atoms with E-state index in [4.69, 9.17) is 4.74 Å². The SMILES string of the molecule is C/C(COC1=CCCCC1)=C1/C=CC=CC1. The monoisotopic (exact) mass is 216 g/mol. The van der Waals surface area contributed by atoms with Gasteiger partial charge in [0.15, 0.2) is 0 Å². The second-order valence-corrected chi connectivity index (χ2v) is 4.50. The molecular weight excluding hydrogens is 196 g/mol. The Bertz CT molecular complexity index is 356. The Morgan fingerprint density at radius 3 is 2.94 bits per heavy atom. The van der Waals surface area contributed by atoms with Crippen molar-refractivity contribution in [1.82, 2.24) is 0 Å². The summed E-state index contributed by atoms with van der Waals surface area (Å²) in [7, 11) is 0. The molecule has 86 valence electrons. The maximum Gasteiger partial charge on any atom is 0.109 e. The zero-order valence-electron chi connectivity index (χ0n) is 10.0. The van der Waals surface area contributed by atoms with Crippen LogP contribution in [-0.4, -0.2) is 6.61 Å². The molecule has 0 aromatic carbocycles. The van der Waals surface area contributed by atoms with Crippen LogP contribution in [0.5, 0.6) is 0 Å². The van der Waals surface area contributed by atoms with Crippen molar-refractivity contribution in [2.75, 3.05) is 6.61 Å². The third-order valence-electron chi connectivity index (χ3n) is 3.15. The van der Waals surface area contributed by atoms with Gasteiger partial charge in [-0.1, -0.05) is 24.3 Å². The van der Waals surface area contributed by atoms with E-state index in [0.29, 0.717) is 0 Å². The zero-order valence-corrected chi connectivity index (χ0v) is 10.0.